The highest BCUT2D eigenvalue weighted by Crippen LogP contribution is 2.47. The van der Waals surface area contributed by atoms with Gasteiger partial charge in [-0.3, -0.25) is 18.8 Å². The molecule has 1 spiro atoms. The SMILES string of the molecule is COc1nc(-c2cccc(-c3cccc(Nc4nc(C(F)(F)F)nc5c4c(=O)n(C)c(=O)n5C)c3C)c2Cl)cc2c1[C@H](N1CC[C@]3(CCN(CCO)C(=O)N3)C1)CC2. The van der Waals surface area contributed by atoms with E-state index in [4.69, 9.17) is 21.3 Å². The quantitative estimate of drug-likeness (QED) is 0.187. The highest BCUT2D eigenvalue weighted by Gasteiger charge is 2.46. The number of benzene rings is 2. The molecule has 3 aromatic heterocycles. The van der Waals surface area contributed by atoms with Crippen molar-refractivity contribution in [1.82, 2.24) is 39.2 Å². The zero-order valence-electron chi connectivity index (χ0n) is 32.2. The fraction of sp³-hybridized carbons (Fsp3) is 0.400. The lowest BCUT2D eigenvalue weighted by molar-refractivity contribution is -0.144. The highest BCUT2D eigenvalue weighted by atomic mass is 35.5. The van der Waals surface area contributed by atoms with Crippen molar-refractivity contribution in [2.75, 3.05) is 45.2 Å². The lowest BCUT2D eigenvalue weighted by Gasteiger charge is -2.40. The predicted molar refractivity (Wildman–Crippen MR) is 212 cm³/mol. The maximum Gasteiger partial charge on any atom is 0.451 e. The predicted octanol–water partition coefficient (Wildman–Crippen LogP) is 5.33. The highest BCUT2D eigenvalue weighted by molar-refractivity contribution is 6.36. The van der Waals surface area contributed by atoms with E-state index in [1.54, 1.807) is 31.1 Å². The summed E-state index contributed by atoms with van der Waals surface area (Å²) in [5, 5.41) is 15.6. The van der Waals surface area contributed by atoms with E-state index in [1.165, 1.54) is 14.1 Å². The van der Waals surface area contributed by atoms with E-state index in [2.05, 4.69) is 25.5 Å². The van der Waals surface area contributed by atoms with Gasteiger partial charge in [-0.1, -0.05) is 41.9 Å². The second kappa shape index (κ2) is 14.7. The van der Waals surface area contributed by atoms with Crippen molar-refractivity contribution in [1.29, 1.82) is 0 Å². The summed E-state index contributed by atoms with van der Waals surface area (Å²) in [6.45, 7) is 4.12. The van der Waals surface area contributed by atoms with Crippen molar-refractivity contribution < 1.29 is 27.8 Å². The van der Waals surface area contributed by atoms with Crippen LogP contribution in [0.5, 0.6) is 5.88 Å². The number of pyridine rings is 1. The zero-order valence-corrected chi connectivity index (χ0v) is 33.0. The van der Waals surface area contributed by atoms with Crippen molar-refractivity contribution >= 4 is 40.2 Å². The van der Waals surface area contributed by atoms with Crippen molar-refractivity contribution in [3.05, 3.63) is 90.8 Å². The van der Waals surface area contributed by atoms with Gasteiger partial charge in [0, 0.05) is 68.7 Å². The number of likely N-dealkylation sites (tertiary alicyclic amines) is 1. The molecule has 8 rings (SSSR count). The first-order valence-electron chi connectivity index (χ1n) is 18.9. The molecule has 18 heteroatoms. The Morgan fingerprint density at radius 2 is 1.74 bits per heavy atom. The summed E-state index contributed by atoms with van der Waals surface area (Å²) >= 11 is 7.20. The molecule has 2 fully saturated rings. The minimum atomic E-state index is -4.96. The molecule has 3 aliphatic rings. The molecule has 304 valence electrons. The van der Waals surface area contributed by atoms with E-state index in [-0.39, 0.29) is 29.6 Å². The molecule has 2 aliphatic heterocycles. The Balaban J connectivity index is 1.11. The zero-order chi connectivity index (χ0) is 41.3. The summed E-state index contributed by atoms with van der Waals surface area (Å²) in [6.07, 6.45) is -1.68. The number of alkyl halides is 3. The van der Waals surface area contributed by atoms with Gasteiger partial charge < -0.3 is 25.4 Å². The third-order valence-corrected chi connectivity index (χ3v) is 12.1. The van der Waals surface area contributed by atoms with E-state index in [0.29, 0.717) is 64.2 Å². The molecule has 0 radical (unpaired) electrons. The molecule has 2 aromatic carbocycles. The van der Waals surface area contributed by atoms with Gasteiger partial charge in [-0.2, -0.15) is 13.2 Å². The smallest absolute Gasteiger partial charge is 0.451 e. The van der Waals surface area contributed by atoms with E-state index in [9.17, 15) is 32.7 Å². The number of β-amino-alcohol motifs (C(OH)–C–C–N with tert-alkyl or cyclic N) is 1. The molecule has 2 atom stereocenters. The molecule has 5 aromatic rings. The molecule has 2 amide bonds. The number of aryl methyl sites for hydroxylation is 2. The number of urea groups is 1. The minimum Gasteiger partial charge on any atom is -0.481 e. The van der Waals surface area contributed by atoms with Crippen LogP contribution in [0.2, 0.25) is 5.02 Å². The number of carbonyl (C=O) groups is 1. The van der Waals surface area contributed by atoms with Crippen LogP contribution in [0.3, 0.4) is 0 Å². The fourth-order valence-corrected chi connectivity index (χ4v) is 9.00. The Hall–Kier alpha value is -5.52. The van der Waals surface area contributed by atoms with E-state index >= 15 is 0 Å². The van der Waals surface area contributed by atoms with Crippen molar-refractivity contribution in [2.24, 2.45) is 14.1 Å². The van der Waals surface area contributed by atoms with Gasteiger partial charge in [0.2, 0.25) is 11.7 Å². The standard InChI is InChI=1S/C40H41ClF3N9O5/c1-21-23(7-6-10-26(21)45-32-30-33(48-36(47-32)40(42,43)44)50(2)38(57)51(3)35(30)55)24-8-5-9-25(31(24)41)27-19-22-11-12-28(29(22)34(46-27)58-4)53-16-14-39(20-53)13-15-52(17-18-54)37(56)49-39/h5-10,19,28,54H,11-18,20H2,1-4H3,(H,49,56)(H,45,47,48)/t28-,39-/m1/s1. The number of rotatable bonds is 8. The normalized spacial score (nSPS) is 19.6. The van der Waals surface area contributed by atoms with Crippen LogP contribution in [0.4, 0.5) is 29.5 Å². The number of ether oxygens (including phenoxy) is 1. The second-order valence-electron chi connectivity index (χ2n) is 15.1. The van der Waals surface area contributed by atoms with Gasteiger partial charge in [0.25, 0.3) is 5.56 Å². The summed E-state index contributed by atoms with van der Waals surface area (Å²) in [7, 11) is 4.06. The Morgan fingerprint density at radius 1 is 1.02 bits per heavy atom. The maximum atomic E-state index is 14.0. The number of aliphatic hydroxyl groups is 1. The lowest BCUT2D eigenvalue weighted by atomic mass is 9.92. The number of hydrogen-bond donors (Lipinski definition) is 3. The molecule has 1 aliphatic carbocycles. The monoisotopic (exact) mass is 819 g/mol. The van der Waals surface area contributed by atoms with Gasteiger partial charge >= 0.3 is 17.9 Å². The van der Waals surface area contributed by atoms with E-state index in [1.807, 2.05) is 30.3 Å². The number of nitrogens with one attached hydrogen (secondary N) is 2. The van der Waals surface area contributed by atoms with Crippen molar-refractivity contribution in [3.8, 4) is 28.3 Å². The molecule has 14 nitrogen and oxygen atoms in total. The fourth-order valence-electron chi connectivity index (χ4n) is 8.67. The van der Waals surface area contributed by atoms with Gasteiger partial charge in [-0.05, 0) is 61.4 Å². The number of nitrogens with zero attached hydrogens (tertiary/aromatic N) is 7. The van der Waals surface area contributed by atoms with Crippen molar-refractivity contribution in [3.63, 3.8) is 0 Å². The van der Waals surface area contributed by atoms with Crippen LogP contribution < -0.4 is 26.6 Å². The molecule has 3 N–H and O–H groups in total. The Kier molecular flexibility index (Phi) is 9.96. The van der Waals surface area contributed by atoms with Gasteiger partial charge in [-0.15, -0.1) is 0 Å². The van der Waals surface area contributed by atoms with Crippen LogP contribution in [0, 0.1) is 6.92 Å². The van der Waals surface area contributed by atoms with Crippen LogP contribution in [0.1, 0.15) is 47.8 Å². The number of anilines is 2. The van der Waals surface area contributed by atoms with Gasteiger partial charge in [0.1, 0.15) is 11.2 Å². The van der Waals surface area contributed by atoms with Gasteiger partial charge in [0.15, 0.2) is 5.65 Å². The number of aromatic nitrogens is 5. The number of carbonyl (C=O) groups excluding carboxylic acids is 1. The molecule has 0 unspecified atom stereocenters. The topological polar surface area (TPSA) is 160 Å². The van der Waals surface area contributed by atoms with Crippen molar-refractivity contribution in [2.45, 2.75) is 50.4 Å². The molecular weight excluding hydrogens is 779 g/mol. The summed E-state index contributed by atoms with van der Waals surface area (Å²) in [5.74, 6) is -1.41. The van der Waals surface area contributed by atoms with Crippen LogP contribution in [-0.4, -0.2) is 90.5 Å². The third kappa shape index (κ3) is 6.63. The summed E-state index contributed by atoms with van der Waals surface area (Å²) in [5.41, 5.74) is 3.17. The number of aliphatic hydroxyl groups excluding tert-OH is 1. The average molecular weight is 820 g/mol. The Labute approximate surface area is 335 Å². The molecular formula is C40H41ClF3N9O5. The maximum absolute atomic E-state index is 14.0. The lowest BCUT2D eigenvalue weighted by Crippen LogP contribution is -2.61. The summed E-state index contributed by atoms with van der Waals surface area (Å²) < 4.78 is 49.5. The van der Waals surface area contributed by atoms with Crippen LogP contribution in [0.15, 0.2) is 52.1 Å². The van der Waals surface area contributed by atoms with Gasteiger partial charge in [-0.25, -0.2) is 24.5 Å². The molecule has 2 saturated heterocycles. The van der Waals surface area contributed by atoms with Gasteiger partial charge in [0.05, 0.1) is 30.0 Å². The molecule has 0 saturated carbocycles. The summed E-state index contributed by atoms with van der Waals surface area (Å²) in [4.78, 5) is 55.0. The summed E-state index contributed by atoms with van der Waals surface area (Å²) in [6, 6.07) is 12.7. The van der Waals surface area contributed by atoms with Crippen LogP contribution >= 0.6 is 11.6 Å². The number of hydrogen-bond acceptors (Lipinski definition) is 10. The Morgan fingerprint density at radius 3 is 2.47 bits per heavy atom. The Bertz CT molecular complexity index is 2620. The first kappa shape index (κ1) is 39.3. The van der Waals surface area contributed by atoms with E-state index < -0.39 is 34.7 Å². The van der Waals surface area contributed by atoms with Crippen LogP contribution in [0.25, 0.3) is 33.4 Å². The van der Waals surface area contributed by atoms with E-state index in [0.717, 1.165) is 52.5 Å². The number of halogens is 4. The third-order valence-electron chi connectivity index (χ3n) is 11.7. The molecule has 0 bridgehead atoms. The second-order valence-corrected chi connectivity index (χ2v) is 15.5. The number of amides is 2. The first-order valence-corrected chi connectivity index (χ1v) is 19.2. The largest absolute Gasteiger partial charge is 0.481 e. The molecule has 5 heterocycles. The van der Waals surface area contributed by atoms with Crippen LogP contribution in [-0.2, 0) is 26.7 Å². The minimum absolute atomic E-state index is 0.0576. The number of fused-ring (bicyclic) bond motifs is 2. The first-order chi connectivity index (χ1) is 27.6. The molecule has 58 heavy (non-hydrogen) atoms. The average Bonchev–Trinajstić information content (AvgIpc) is 3.81. The number of methoxy groups -OCH3 is 1.